The van der Waals surface area contributed by atoms with E-state index in [0.29, 0.717) is 0 Å². The van der Waals surface area contributed by atoms with Crippen molar-refractivity contribution in [1.29, 1.82) is 0 Å². The van der Waals surface area contributed by atoms with Crippen LogP contribution >= 0.6 is 11.6 Å². The van der Waals surface area contributed by atoms with Gasteiger partial charge in [-0.05, 0) is 20.9 Å². The van der Waals surface area contributed by atoms with Crippen LogP contribution in [0.4, 0.5) is 13.2 Å². The molecule has 1 atom stereocenters. The molecule has 1 aromatic heterocycles. The summed E-state index contributed by atoms with van der Waals surface area (Å²) in [6.45, 7) is 3.49. The zero-order valence-corrected chi connectivity index (χ0v) is 9.89. The summed E-state index contributed by atoms with van der Waals surface area (Å²) in [5.74, 6) is 0. The van der Waals surface area contributed by atoms with Crippen LogP contribution in [0.15, 0.2) is 6.20 Å². The van der Waals surface area contributed by atoms with Gasteiger partial charge in [-0.15, -0.1) is 0 Å². The normalized spacial score (nSPS) is 14.5. The summed E-state index contributed by atoms with van der Waals surface area (Å²) in [7, 11) is 1.24. The Morgan fingerprint density at radius 3 is 2.38 bits per heavy atom. The monoisotopic (exact) mass is 255 g/mol. The van der Waals surface area contributed by atoms with Crippen molar-refractivity contribution >= 4 is 11.6 Å². The Balaban J connectivity index is 3.24. The second kappa shape index (κ2) is 4.63. The van der Waals surface area contributed by atoms with Crippen molar-refractivity contribution in [3.63, 3.8) is 0 Å². The number of aromatic nitrogens is 2. The maximum absolute atomic E-state index is 12.7. The lowest BCUT2D eigenvalue weighted by Crippen LogP contribution is -2.34. The van der Waals surface area contributed by atoms with Crippen LogP contribution in [0, 0.1) is 0 Å². The molecule has 92 valence electrons. The fraction of sp³-hybridized carbons (Fsp3) is 0.667. The summed E-state index contributed by atoms with van der Waals surface area (Å²) in [5.41, 5.74) is -0.0494. The number of halogens is 4. The largest absolute Gasteiger partial charge is 0.409 e. The van der Waals surface area contributed by atoms with Crippen molar-refractivity contribution in [2.24, 2.45) is 0 Å². The van der Waals surface area contributed by atoms with Crippen molar-refractivity contribution in [3.05, 3.63) is 16.9 Å². The third-order valence-electron chi connectivity index (χ3n) is 2.17. The van der Waals surface area contributed by atoms with E-state index in [1.54, 1.807) is 13.8 Å². The zero-order chi connectivity index (χ0) is 12.5. The molecule has 1 rings (SSSR count). The Morgan fingerprint density at radius 1 is 1.44 bits per heavy atom. The lowest BCUT2D eigenvalue weighted by molar-refractivity contribution is -0.158. The van der Waals surface area contributed by atoms with E-state index in [4.69, 9.17) is 11.6 Å². The number of alkyl halides is 3. The van der Waals surface area contributed by atoms with E-state index in [9.17, 15) is 13.2 Å². The predicted molar refractivity (Wildman–Crippen MR) is 55.5 cm³/mol. The molecular weight excluding hydrogens is 243 g/mol. The molecule has 0 saturated heterocycles. The van der Waals surface area contributed by atoms with Crippen LogP contribution in [0.5, 0.6) is 0 Å². The van der Waals surface area contributed by atoms with Crippen molar-refractivity contribution in [3.8, 4) is 0 Å². The van der Waals surface area contributed by atoms with Crippen molar-refractivity contribution in [2.45, 2.75) is 32.1 Å². The van der Waals surface area contributed by atoms with Gasteiger partial charge in [0.2, 0.25) is 0 Å². The van der Waals surface area contributed by atoms with E-state index in [1.165, 1.54) is 17.9 Å². The van der Waals surface area contributed by atoms with E-state index in [2.05, 4.69) is 10.4 Å². The smallest absolute Gasteiger partial charge is 0.304 e. The summed E-state index contributed by atoms with van der Waals surface area (Å²) >= 11 is 5.75. The number of nitrogens with one attached hydrogen (secondary N) is 1. The molecule has 1 unspecified atom stereocenters. The van der Waals surface area contributed by atoms with Gasteiger partial charge >= 0.3 is 6.18 Å². The van der Waals surface area contributed by atoms with Crippen molar-refractivity contribution in [2.75, 3.05) is 7.05 Å². The van der Waals surface area contributed by atoms with Gasteiger partial charge in [-0.2, -0.15) is 18.3 Å². The molecule has 0 aliphatic carbocycles. The minimum atomic E-state index is -4.40. The standard InChI is InChI=1S/C9H13ClF3N3/c1-5(2)16-7(6(10)4-15-16)8(14-3)9(11,12)13/h4-5,8,14H,1-3H3. The number of nitrogens with zero attached hydrogens (tertiary/aromatic N) is 2. The fourth-order valence-corrected chi connectivity index (χ4v) is 1.73. The van der Waals surface area contributed by atoms with E-state index >= 15 is 0 Å². The zero-order valence-electron chi connectivity index (χ0n) is 9.14. The Kier molecular flexibility index (Phi) is 3.85. The van der Waals surface area contributed by atoms with Crippen LogP contribution in [-0.2, 0) is 0 Å². The van der Waals surface area contributed by atoms with Crippen LogP contribution in [0.1, 0.15) is 31.6 Å². The maximum atomic E-state index is 12.7. The average Bonchev–Trinajstić information content (AvgIpc) is 2.47. The molecule has 0 aromatic carbocycles. The van der Waals surface area contributed by atoms with Gasteiger partial charge in [0, 0.05) is 6.04 Å². The van der Waals surface area contributed by atoms with Crippen LogP contribution in [-0.4, -0.2) is 23.0 Å². The van der Waals surface area contributed by atoms with E-state index in [-0.39, 0.29) is 16.8 Å². The molecule has 0 aliphatic heterocycles. The Labute approximate surface area is 96.6 Å². The summed E-state index contributed by atoms with van der Waals surface area (Å²) < 4.78 is 39.5. The second-order valence-corrected chi connectivity index (χ2v) is 4.09. The highest BCUT2D eigenvalue weighted by molar-refractivity contribution is 6.31. The molecule has 0 bridgehead atoms. The molecule has 0 fully saturated rings. The highest BCUT2D eigenvalue weighted by Gasteiger charge is 2.43. The van der Waals surface area contributed by atoms with Crippen LogP contribution in [0.3, 0.4) is 0 Å². The molecule has 0 spiro atoms. The lowest BCUT2D eigenvalue weighted by atomic mass is 10.2. The minimum Gasteiger partial charge on any atom is -0.304 e. The van der Waals surface area contributed by atoms with Crippen LogP contribution in [0.2, 0.25) is 5.02 Å². The highest BCUT2D eigenvalue weighted by atomic mass is 35.5. The maximum Gasteiger partial charge on any atom is 0.409 e. The summed E-state index contributed by atoms with van der Waals surface area (Å²) in [6, 6.07) is -1.98. The third-order valence-corrected chi connectivity index (χ3v) is 2.46. The van der Waals surface area contributed by atoms with E-state index < -0.39 is 12.2 Å². The molecular formula is C9H13ClF3N3. The van der Waals surface area contributed by atoms with E-state index in [0.717, 1.165) is 0 Å². The van der Waals surface area contributed by atoms with Crippen LogP contribution in [0.25, 0.3) is 0 Å². The number of hydrogen-bond acceptors (Lipinski definition) is 2. The molecule has 3 nitrogen and oxygen atoms in total. The minimum absolute atomic E-state index is 0.0189. The highest BCUT2D eigenvalue weighted by Crippen LogP contribution is 2.36. The Morgan fingerprint density at radius 2 is 2.00 bits per heavy atom. The third kappa shape index (κ3) is 2.49. The first-order valence-electron chi connectivity index (χ1n) is 4.76. The van der Waals surface area contributed by atoms with Gasteiger partial charge in [-0.1, -0.05) is 11.6 Å². The van der Waals surface area contributed by atoms with Gasteiger partial charge in [0.1, 0.15) is 6.04 Å². The van der Waals surface area contributed by atoms with Gasteiger partial charge in [0.15, 0.2) is 0 Å². The molecule has 7 heteroatoms. The Hall–Kier alpha value is -0.750. The van der Waals surface area contributed by atoms with E-state index in [1.807, 2.05) is 0 Å². The summed E-state index contributed by atoms with van der Waals surface area (Å²) in [4.78, 5) is 0. The SMILES string of the molecule is CNC(c1c(Cl)cnn1C(C)C)C(F)(F)F. The summed E-state index contributed by atoms with van der Waals surface area (Å²) in [6.07, 6.45) is -3.17. The van der Waals surface area contributed by atoms with Crippen LogP contribution < -0.4 is 5.32 Å². The Bertz CT molecular complexity index is 359. The van der Waals surface area contributed by atoms with Crippen molar-refractivity contribution < 1.29 is 13.2 Å². The molecule has 0 amide bonds. The fourth-order valence-electron chi connectivity index (χ4n) is 1.49. The van der Waals surface area contributed by atoms with Gasteiger partial charge in [-0.25, -0.2) is 0 Å². The summed E-state index contributed by atoms with van der Waals surface area (Å²) in [5, 5.41) is 6.07. The van der Waals surface area contributed by atoms with Crippen molar-refractivity contribution in [1.82, 2.24) is 15.1 Å². The quantitative estimate of drug-likeness (QED) is 0.900. The first kappa shape index (κ1) is 13.3. The molecule has 0 saturated carbocycles. The molecule has 0 aliphatic rings. The predicted octanol–water partition coefficient (Wildman–Crippen LogP) is 2.94. The molecule has 0 radical (unpaired) electrons. The molecule has 1 N–H and O–H groups in total. The number of hydrogen-bond donors (Lipinski definition) is 1. The van der Waals surface area contributed by atoms with Gasteiger partial charge in [0.05, 0.1) is 16.9 Å². The second-order valence-electron chi connectivity index (χ2n) is 3.68. The van der Waals surface area contributed by atoms with Gasteiger partial charge in [-0.3, -0.25) is 4.68 Å². The molecule has 1 aromatic rings. The first-order chi connectivity index (χ1) is 7.29. The topological polar surface area (TPSA) is 29.9 Å². The van der Waals surface area contributed by atoms with Gasteiger partial charge in [0.25, 0.3) is 0 Å². The average molecular weight is 256 g/mol. The number of rotatable bonds is 3. The molecule has 1 heterocycles. The lowest BCUT2D eigenvalue weighted by Gasteiger charge is -2.22. The first-order valence-corrected chi connectivity index (χ1v) is 5.13. The molecule has 16 heavy (non-hydrogen) atoms. The van der Waals surface area contributed by atoms with Gasteiger partial charge < -0.3 is 5.32 Å².